The van der Waals surface area contributed by atoms with Crippen molar-refractivity contribution >= 4 is 5.91 Å². The summed E-state index contributed by atoms with van der Waals surface area (Å²) in [6.07, 6.45) is -0.395. The molecule has 2 N–H and O–H groups in total. The summed E-state index contributed by atoms with van der Waals surface area (Å²) in [6.45, 7) is -1.07. The van der Waals surface area contributed by atoms with Crippen molar-refractivity contribution in [2.75, 3.05) is 20.1 Å². The fourth-order valence-corrected chi connectivity index (χ4v) is 2.48. The van der Waals surface area contributed by atoms with Crippen LogP contribution < -0.4 is 5.73 Å². The quantitative estimate of drug-likeness (QED) is 0.834. The first-order chi connectivity index (χ1) is 7.81. The van der Waals surface area contributed by atoms with Crippen molar-refractivity contribution in [2.45, 2.75) is 38.3 Å². The highest BCUT2D eigenvalue weighted by Crippen LogP contribution is 2.37. The number of nitrogens with zero attached hydrogens (tertiary/aromatic N) is 1. The summed E-state index contributed by atoms with van der Waals surface area (Å²) in [4.78, 5) is 12.8. The number of hydrogen-bond donors (Lipinski definition) is 1. The predicted molar refractivity (Wildman–Crippen MR) is 58.3 cm³/mol. The van der Waals surface area contributed by atoms with E-state index in [4.69, 9.17) is 5.73 Å². The van der Waals surface area contributed by atoms with Crippen molar-refractivity contribution in [3.63, 3.8) is 0 Å². The molecule has 6 heteroatoms. The minimum absolute atomic E-state index is 0.133. The largest absolute Gasteiger partial charge is 0.406 e. The zero-order valence-corrected chi connectivity index (χ0v) is 10.0. The molecule has 0 bridgehead atoms. The van der Waals surface area contributed by atoms with Crippen LogP contribution in [-0.2, 0) is 4.79 Å². The maximum Gasteiger partial charge on any atom is 0.406 e. The Morgan fingerprint density at radius 1 is 1.29 bits per heavy atom. The second kappa shape index (κ2) is 5.25. The normalized spacial score (nSPS) is 20.1. The van der Waals surface area contributed by atoms with Gasteiger partial charge in [-0.25, -0.2) is 0 Å². The lowest BCUT2D eigenvalue weighted by molar-refractivity contribution is -0.166. The Hall–Kier alpha value is -0.780. The Morgan fingerprint density at radius 2 is 1.82 bits per heavy atom. The average molecular weight is 252 g/mol. The van der Waals surface area contributed by atoms with Crippen molar-refractivity contribution in [3.8, 4) is 0 Å². The van der Waals surface area contributed by atoms with Crippen molar-refractivity contribution < 1.29 is 18.0 Å². The van der Waals surface area contributed by atoms with E-state index < -0.39 is 24.0 Å². The topological polar surface area (TPSA) is 46.3 Å². The number of alkyl halides is 3. The van der Waals surface area contributed by atoms with Gasteiger partial charge in [0.15, 0.2) is 0 Å². The van der Waals surface area contributed by atoms with Gasteiger partial charge in [0, 0.05) is 13.6 Å². The van der Waals surface area contributed by atoms with E-state index in [0.717, 1.165) is 24.2 Å². The highest BCUT2D eigenvalue weighted by molar-refractivity contribution is 5.83. The standard InChI is InChI=1S/C11H19F3N2O/c1-16(8-11(12,13)14)9(17)10(7-15)5-3-2-4-6-10/h2-8,15H2,1H3. The van der Waals surface area contributed by atoms with Crippen LogP contribution in [0.4, 0.5) is 13.2 Å². The fraction of sp³-hybridized carbons (Fsp3) is 0.909. The van der Waals surface area contributed by atoms with E-state index in [9.17, 15) is 18.0 Å². The van der Waals surface area contributed by atoms with E-state index in [1.165, 1.54) is 7.05 Å². The molecule has 1 rings (SSSR count). The lowest BCUT2D eigenvalue weighted by Gasteiger charge is -2.37. The Kier molecular flexibility index (Phi) is 4.41. The third kappa shape index (κ3) is 3.59. The molecule has 0 atom stereocenters. The SMILES string of the molecule is CN(CC(F)(F)F)C(=O)C1(CN)CCCCC1. The smallest absolute Gasteiger partial charge is 0.336 e. The Balaban J connectivity index is 2.71. The average Bonchev–Trinajstić information content (AvgIpc) is 2.26. The lowest BCUT2D eigenvalue weighted by atomic mass is 9.73. The van der Waals surface area contributed by atoms with E-state index >= 15 is 0 Å². The molecule has 1 aliphatic rings. The molecule has 0 aromatic carbocycles. The van der Waals surface area contributed by atoms with E-state index in [-0.39, 0.29) is 6.54 Å². The summed E-state index contributed by atoms with van der Waals surface area (Å²) in [6, 6.07) is 0. The molecule has 0 spiro atoms. The van der Waals surface area contributed by atoms with Gasteiger partial charge in [-0.3, -0.25) is 4.79 Å². The van der Waals surface area contributed by atoms with Crippen LogP contribution in [0, 0.1) is 5.41 Å². The van der Waals surface area contributed by atoms with Gasteiger partial charge in [0.1, 0.15) is 6.54 Å². The molecule has 0 aliphatic heterocycles. The van der Waals surface area contributed by atoms with Gasteiger partial charge in [0.25, 0.3) is 0 Å². The van der Waals surface area contributed by atoms with E-state index in [2.05, 4.69) is 0 Å². The van der Waals surface area contributed by atoms with E-state index in [1.807, 2.05) is 0 Å². The molecule has 1 aliphatic carbocycles. The third-order valence-electron chi connectivity index (χ3n) is 3.42. The Morgan fingerprint density at radius 3 is 2.24 bits per heavy atom. The van der Waals surface area contributed by atoms with Gasteiger partial charge in [-0.1, -0.05) is 19.3 Å². The van der Waals surface area contributed by atoms with Gasteiger partial charge < -0.3 is 10.6 Å². The van der Waals surface area contributed by atoms with Gasteiger partial charge in [0.2, 0.25) is 5.91 Å². The molecule has 17 heavy (non-hydrogen) atoms. The highest BCUT2D eigenvalue weighted by Gasteiger charge is 2.42. The molecule has 3 nitrogen and oxygen atoms in total. The van der Waals surface area contributed by atoms with Crippen LogP contribution in [0.1, 0.15) is 32.1 Å². The van der Waals surface area contributed by atoms with Gasteiger partial charge in [-0.2, -0.15) is 13.2 Å². The van der Waals surface area contributed by atoms with Crippen LogP contribution in [0.3, 0.4) is 0 Å². The minimum atomic E-state index is -4.35. The molecule has 0 radical (unpaired) electrons. The minimum Gasteiger partial charge on any atom is -0.336 e. The number of halogens is 3. The summed E-state index contributed by atoms with van der Waals surface area (Å²) >= 11 is 0. The van der Waals surface area contributed by atoms with Crippen LogP contribution in [0.15, 0.2) is 0 Å². The predicted octanol–water partition coefficient (Wildman–Crippen LogP) is 1.92. The second-order valence-corrected chi connectivity index (χ2v) is 4.82. The molecule has 0 saturated heterocycles. The summed E-state index contributed by atoms with van der Waals surface area (Å²) in [5.74, 6) is -0.461. The summed E-state index contributed by atoms with van der Waals surface area (Å²) in [7, 11) is 1.20. The molecular formula is C11H19F3N2O. The zero-order chi connectivity index (χ0) is 13.1. The second-order valence-electron chi connectivity index (χ2n) is 4.82. The maximum atomic E-state index is 12.2. The van der Waals surface area contributed by atoms with Crippen molar-refractivity contribution in [3.05, 3.63) is 0 Å². The molecule has 1 saturated carbocycles. The molecule has 0 aromatic rings. The van der Waals surface area contributed by atoms with E-state index in [0.29, 0.717) is 12.8 Å². The number of hydrogen-bond acceptors (Lipinski definition) is 2. The monoisotopic (exact) mass is 252 g/mol. The third-order valence-corrected chi connectivity index (χ3v) is 3.42. The van der Waals surface area contributed by atoms with Crippen LogP contribution in [0.2, 0.25) is 0 Å². The Bertz CT molecular complexity index is 272. The summed E-state index contributed by atoms with van der Waals surface area (Å²) in [5.41, 5.74) is 4.85. The van der Waals surface area contributed by atoms with Crippen LogP contribution in [0.5, 0.6) is 0 Å². The summed E-state index contributed by atoms with van der Waals surface area (Å²) in [5, 5.41) is 0. The first kappa shape index (κ1) is 14.3. The molecule has 0 heterocycles. The van der Waals surface area contributed by atoms with Gasteiger partial charge in [0.05, 0.1) is 5.41 Å². The van der Waals surface area contributed by atoms with E-state index in [1.54, 1.807) is 0 Å². The van der Waals surface area contributed by atoms with Crippen molar-refractivity contribution in [2.24, 2.45) is 11.1 Å². The van der Waals surface area contributed by atoms with Crippen molar-refractivity contribution in [1.29, 1.82) is 0 Å². The van der Waals surface area contributed by atoms with Crippen LogP contribution in [0.25, 0.3) is 0 Å². The molecule has 100 valence electrons. The number of carbonyl (C=O) groups is 1. The maximum absolute atomic E-state index is 12.2. The van der Waals surface area contributed by atoms with Gasteiger partial charge >= 0.3 is 6.18 Å². The van der Waals surface area contributed by atoms with Crippen LogP contribution >= 0.6 is 0 Å². The number of amides is 1. The van der Waals surface area contributed by atoms with Gasteiger partial charge in [-0.05, 0) is 12.8 Å². The first-order valence-electron chi connectivity index (χ1n) is 5.83. The number of rotatable bonds is 3. The van der Waals surface area contributed by atoms with Gasteiger partial charge in [-0.15, -0.1) is 0 Å². The Labute approximate surface area is 99.1 Å². The van der Waals surface area contributed by atoms with Crippen LogP contribution in [-0.4, -0.2) is 37.1 Å². The van der Waals surface area contributed by atoms with Crippen molar-refractivity contribution in [1.82, 2.24) is 4.90 Å². The zero-order valence-electron chi connectivity index (χ0n) is 10.0. The molecular weight excluding hydrogens is 233 g/mol. The number of carbonyl (C=O) groups excluding carboxylic acids is 1. The summed E-state index contributed by atoms with van der Waals surface area (Å²) < 4.78 is 36.7. The first-order valence-corrected chi connectivity index (χ1v) is 5.83. The molecule has 1 amide bonds. The molecule has 0 aromatic heterocycles. The highest BCUT2D eigenvalue weighted by atomic mass is 19.4. The number of nitrogens with two attached hydrogens (primary N) is 1. The lowest BCUT2D eigenvalue weighted by Crippen LogP contribution is -2.50. The molecule has 1 fully saturated rings. The molecule has 0 unspecified atom stereocenters. The fourth-order valence-electron chi connectivity index (χ4n) is 2.48.